The number of aromatic hydroxyl groups is 6. The fourth-order valence-corrected chi connectivity index (χ4v) is 6.55. The average Bonchev–Trinajstić information content (AvgIpc) is 3.02. The van der Waals surface area contributed by atoms with E-state index in [-0.39, 0.29) is 81.1 Å². The summed E-state index contributed by atoms with van der Waals surface area (Å²) in [5, 5.41) is 90.0. The molecule has 0 heterocycles. The van der Waals surface area contributed by atoms with E-state index in [0.29, 0.717) is 45.9 Å². The van der Waals surface area contributed by atoms with Gasteiger partial charge in [-0.25, -0.2) is 0 Å². The molecule has 0 amide bonds. The molecule has 2 unspecified atom stereocenters. The molecule has 4 rings (SSSR count). The van der Waals surface area contributed by atoms with E-state index in [9.17, 15) is 40.9 Å². The maximum absolute atomic E-state index is 12.2. The second kappa shape index (κ2) is 14.3. The van der Waals surface area contributed by atoms with Crippen molar-refractivity contribution in [1.82, 2.24) is 0 Å². The van der Waals surface area contributed by atoms with Crippen LogP contribution in [0.2, 0.25) is 0 Å². The number of aliphatic hydroxyl groups is 2. The third-order valence-corrected chi connectivity index (χ3v) is 9.18. The third-order valence-electron chi connectivity index (χ3n) is 9.18. The van der Waals surface area contributed by atoms with Crippen molar-refractivity contribution >= 4 is 34.0 Å². The fourth-order valence-electron chi connectivity index (χ4n) is 6.55. The number of fused-ring (bicyclic) bond motifs is 2. The topological polar surface area (TPSA) is 187 Å². The first-order valence-electron chi connectivity index (χ1n) is 16.4. The number of phenols is 6. The van der Waals surface area contributed by atoms with Crippen LogP contribution in [0.1, 0.15) is 99.6 Å². The molecule has 0 saturated carbocycles. The van der Waals surface area contributed by atoms with Gasteiger partial charge in [-0.1, -0.05) is 53.7 Å². The van der Waals surface area contributed by atoms with Crippen LogP contribution in [0.25, 0.3) is 32.7 Å². The molecule has 0 aliphatic carbocycles. The number of aliphatic imine (C=N–C) groups is 2. The van der Waals surface area contributed by atoms with Crippen LogP contribution in [-0.4, -0.2) is 78.6 Å². The number of benzene rings is 4. The highest BCUT2D eigenvalue weighted by molar-refractivity contribution is 6.15. The molecule has 10 heteroatoms. The van der Waals surface area contributed by atoms with Crippen LogP contribution >= 0.6 is 0 Å². The minimum atomic E-state index is -0.470. The second-order valence-corrected chi connectivity index (χ2v) is 13.1. The van der Waals surface area contributed by atoms with Gasteiger partial charge in [-0.05, 0) is 60.4 Å². The number of aliphatic hydroxyl groups excluding tert-OH is 2. The van der Waals surface area contributed by atoms with Crippen molar-refractivity contribution in [1.29, 1.82) is 0 Å². The van der Waals surface area contributed by atoms with E-state index in [1.807, 2.05) is 41.5 Å². The Morgan fingerprint density at radius 2 is 0.896 bits per heavy atom. The summed E-state index contributed by atoms with van der Waals surface area (Å²) in [6.45, 7) is 14.2. The van der Waals surface area contributed by atoms with Crippen molar-refractivity contribution in [3.63, 3.8) is 0 Å². The summed E-state index contributed by atoms with van der Waals surface area (Å²) in [4.78, 5) is 8.83. The predicted molar refractivity (Wildman–Crippen MR) is 192 cm³/mol. The van der Waals surface area contributed by atoms with Crippen molar-refractivity contribution in [3.05, 3.63) is 45.5 Å². The van der Waals surface area contributed by atoms with Crippen molar-refractivity contribution in [2.45, 2.75) is 92.2 Å². The number of aryl methyl sites for hydroxylation is 2. The first-order chi connectivity index (χ1) is 22.7. The van der Waals surface area contributed by atoms with Gasteiger partial charge in [0.2, 0.25) is 0 Å². The highest BCUT2D eigenvalue weighted by Gasteiger charge is 2.29. The second-order valence-electron chi connectivity index (χ2n) is 13.1. The number of rotatable bonds is 11. The van der Waals surface area contributed by atoms with Crippen LogP contribution in [0.4, 0.5) is 0 Å². The Morgan fingerprint density at radius 3 is 1.17 bits per heavy atom. The SMILES string of the molecule is CCC(CO)N=Cc1c(O)c(O)c(C(C)C)c2cc(C)c(-c3c(C)cc4c(C(C)C)c(O)c(O)c(C=NC(CC)CO)c4c3O)c(O)c12. The van der Waals surface area contributed by atoms with E-state index in [0.717, 1.165) is 0 Å². The third kappa shape index (κ3) is 6.10. The smallest absolute Gasteiger partial charge is 0.167 e. The normalized spacial score (nSPS) is 13.7. The molecule has 48 heavy (non-hydrogen) atoms. The first-order valence-corrected chi connectivity index (χ1v) is 16.4. The van der Waals surface area contributed by atoms with Crippen molar-refractivity contribution in [2.75, 3.05) is 13.2 Å². The highest BCUT2D eigenvalue weighted by atomic mass is 16.3. The van der Waals surface area contributed by atoms with Crippen LogP contribution in [0.5, 0.6) is 34.5 Å². The lowest BCUT2D eigenvalue weighted by molar-refractivity contribution is 0.264. The van der Waals surface area contributed by atoms with Crippen molar-refractivity contribution in [2.24, 2.45) is 9.98 Å². The standard InChI is InChI=1S/C38H48N2O8/c1-9-21(15-41)39-13-25-31-23(27(17(3)4)37(47)33(25)43)11-19(7)29(35(31)45)30-20(8)12-24-28(18(5)6)38(48)34(44)26(32(24)36(30)46)14-40-22(10-2)16-42/h11-14,17-18,21-22,41-48H,9-10,15-16H2,1-8H3. The summed E-state index contributed by atoms with van der Waals surface area (Å²) in [6.07, 6.45) is 3.72. The maximum atomic E-state index is 12.2. The monoisotopic (exact) mass is 660 g/mol. The van der Waals surface area contributed by atoms with Gasteiger partial charge in [0.15, 0.2) is 23.0 Å². The van der Waals surface area contributed by atoms with E-state index >= 15 is 0 Å². The van der Waals surface area contributed by atoms with Crippen LogP contribution in [0.15, 0.2) is 22.1 Å². The van der Waals surface area contributed by atoms with Gasteiger partial charge in [0, 0.05) is 56.6 Å². The molecule has 0 aliphatic rings. The lowest BCUT2D eigenvalue weighted by Crippen LogP contribution is -2.09. The molecular weight excluding hydrogens is 612 g/mol. The zero-order chi connectivity index (χ0) is 35.8. The first kappa shape index (κ1) is 36.3. The zero-order valence-corrected chi connectivity index (χ0v) is 28.9. The van der Waals surface area contributed by atoms with Crippen molar-refractivity contribution in [3.8, 4) is 45.6 Å². The number of nitrogens with zero attached hydrogens (tertiary/aromatic N) is 2. The largest absolute Gasteiger partial charge is 0.507 e. The summed E-state index contributed by atoms with van der Waals surface area (Å²) < 4.78 is 0. The van der Waals surface area contributed by atoms with Crippen molar-refractivity contribution < 1.29 is 40.9 Å². The quantitative estimate of drug-likeness (QED) is 0.0616. The van der Waals surface area contributed by atoms with E-state index in [1.54, 1.807) is 26.0 Å². The number of hydrogen-bond acceptors (Lipinski definition) is 10. The van der Waals surface area contributed by atoms with Crippen LogP contribution in [0, 0.1) is 13.8 Å². The maximum Gasteiger partial charge on any atom is 0.167 e. The highest BCUT2D eigenvalue weighted by Crippen LogP contribution is 2.54. The van der Waals surface area contributed by atoms with E-state index in [1.165, 1.54) is 12.4 Å². The zero-order valence-electron chi connectivity index (χ0n) is 28.9. The van der Waals surface area contributed by atoms with Gasteiger partial charge in [-0.3, -0.25) is 9.98 Å². The summed E-state index contributed by atoms with van der Waals surface area (Å²) in [5.41, 5.74) is 2.59. The molecule has 10 nitrogen and oxygen atoms in total. The van der Waals surface area contributed by atoms with E-state index in [4.69, 9.17) is 0 Å². The molecule has 0 saturated heterocycles. The molecule has 258 valence electrons. The van der Waals surface area contributed by atoms with Crippen LogP contribution < -0.4 is 0 Å². The number of phenolic OH excluding ortho intramolecular Hbond substituents is 6. The average molecular weight is 661 g/mol. The van der Waals surface area contributed by atoms with Crippen LogP contribution in [0.3, 0.4) is 0 Å². The summed E-state index contributed by atoms with van der Waals surface area (Å²) in [7, 11) is 0. The van der Waals surface area contributed by atoms with Gasteiger partial charge in [-0.15, -0.1) is 0 Å². The molecule has 4 aromatic rings. The molecule has 0 bridgehead atoms. The Morgan fingerprint density at radius 1 is 0.562 bits per heavy atom. The molecule has 0 aromatic heterocycles. The molecule has 2 atom stereocenters. The van der Waals surface area contributed by atoms with Gasteiger partial charge in [-0.2, -0.15) is 0 Å². The molecule has 0 aliphatic heterocycles. The summed E-state index contributed by atoms with van der Waals surface area (Å²) in [5.74, 6) is -2.64. The molecule has 8 N–H and O–H groups in total. The van der Waals surface area contributed by atoms with Gasteiger partial charge in [0.05, 0.1) is 25.3 Å². The van der Waals surface area contributed by atoms with E-state index < -0.39 is 23.6 Å². The minimum absolute atomic E-state index is 0.0579. The lowest BCUT2D eigenvalue weighted by Gasteiger charge is -2.23. The molecular formula is C38H48N2O8. The Balaban J connectivity index is 2.23. The Hall–Kier alpha value is -4.54. The fraction of sp³-hybridized carbons (Fsp3) is 0.421. The minimum Gasteiger partial charge on any atom is -0.507 e. The van der Waals surface area contributed by atoms with Gasteiger partial charge >= 0.3 is 0 Å². The summed E-state index contributed by atoms with van der Waals surface area (Å²) >= 11 is 0. The van der Waals surface area contributed by atoms with E-state index in [2.05, 4.69) is 9.98 Å². The Kier molecular flexibility index (Phi) is 10.8. The molecule has 4 aromatic carbocycles. The lowest BCUT2D eigenvalue weighted by atomic mass is 9.83. The Bertz CT molecular complexity index is 1780. The van der Waals surface area contributed by atoms with Gasteiger partial charge in [0.1, 0.15) is 11.5 Å². The van der Waals surface area contributed by atoms with Crippen LogP contribution in [-0.2, 0) is 0 Å². The molecule has 0 spiro atoms. The predicted octanol–water partition coefficient (Wildman–Crippen LogP) is 7.14. The van der Waals surface area contributed by atoms with Gasteiger partial charge < -0.3 is 40.9 Å². The molecule has 0 radical (unpaired) electrons. The molecule has 0 fully saturated rings. The number of hydrogen-bond donors (Lipinski definition) is 8. The Labute approximate surface area is 281 Å². The van der Waals surface area contributed by atoms with Gasteiger partial charge in [0.25, 0.3) is 0 Å². The summed E-state index contributed by atoms with van der Waals surface area (Å²) in [6, 6.07) is 2.63.